The predicted octanol–water partition coefficient (Wildman–Crippen LogP) is 2.39. The number of rotatable bonds is 6. The highest BCUT2D eigenvalue weighted by atomic mass is 16.5. The molecule has 1 aromatic rings. The SMILES string of the molecule is Cc1cc(C(=N)N)cc(C)c1OCCOC(C)C. The molecule has 0 fully saturated rings. The molecule has 0 atom stereocenters. The third-order valence-electron chi connectivity index (χ3n) is 2.55. The molecular formula is C14H22N2O2. The van der Waals surface area contributed by atoms with E-state index in [0.29, 0.717) is 13.2 Å². The maximum absolute atomic E-state index is 7.43. The fraction of sp³-hybridized carbons (Fsp3) is 0.500. The summed E-state index contributed by atoms with van der Waals surface area (Å²) in [4.78, 5) is 0. The second kappa shape index (κ2) is 6.40. The van der Waals surface area contributed by atoms with Gasteiger partial charge in [-0.1, -0.05) is 0 Å². The van der Waals surface area contributed by atoms with Gasteiger partial charge in [-0.05, 0) is 51.0 Å². The van der Waals surface area contributed by atoms with Crippen LogP contribution in [0.3, 0.4) is 0 Å². The molecule has 0 amide bonds. The average molecular weight is 250 g/mol. The molecule has 3 N–H and O–H groups in total. The van der Waals surface area contributed by atoms with Crippen molar-refractivity contribution in [2.75, 3.05) is 13.2 Å². The lowest BCUT2D eigenvalue weighted by Gasteiger charge is -2.14. The fourth-order valence-electron chi connectivity index (χ4n) is 1.76. The number of amidine groups is 1. The van der Waals surface area contributed by atoms with E-state index in [1.54, 1.807) is 0 Å². The van der Waals surface area contributed by atoms with Crippen LogP contribution in [0.4, 0.5) is 0 Å². The fourth-order valence-corrected chi connectivity index (χ4v) is 1.76. The molecule has 0 aliphatic carbocycles. The van der Waals surface area contributed by atoms with Gasteiger partial charge in [-0.3, -0.25) is 5.41 Å². The molecule has 0 saturated carbocycles. The van der Waals surface area contributed by atoms with Crippen molar-refractivity contribution >= 4 is 5.84 Å². The lowest BCUT2D eigenvalue weighted by molar-refractivity contribution is 0.0550. The molecule has 4 heteroatoms. The van der Waals surface area contributed by atoms with Crippen molar-refractivity contribution in [3.8, 4) is 5.75 Å². The van der Waals surface area contributed by atoms with Crippen molar-refractivity contribution in [3.63, 3.8) is 0 Å². The summed E-state index contributed by atoms with van der Waals surface area (Å²) in [7, 11) is 0. The van der Waals surface area contributed by atoms with E-state index in [1.807, 2.05) is 39.8 Å². The summed E-state index contributed by atoms with van der Waals surface area (Å²) in [6, 6.07) is 3.74. The van der Waals surface area contributed by atoms with Crippen LogP contribution in [0.1, 0.15) is 30.5 Å². The van der Waals surface area contributed by atoms with Crippen LogP contribution >= 0.6 is 0 Å². The van der Waals surface area contributed by atoms with Gasteiger partial charge in [0, 0.05) is 5.56 Å². The van der Waals surface area contributed by atoms with Crippen LogP contribution in [0, 0.1) is 19.3 Å². The molecule has 0 radical (unpaired) electrons. The topological polar surface area (TPSA) is 68.3 Å². The second-order valence-electron chi connectivity index (χ2n) is 4.62. The molecule has 0 unspecified atom stereocenters. The Kier molecular flexibility index (Phi) is 5.16. The number of hydrogen-bond acceptors (Lipinski definition) is 3. The normalized spacial score (nSPS) is 10.7. The van der Waals surface area contributed by atoms with Crippen LogP contribution < -0.4 is 10.5 Å². The molecule has 0 heterocycles. The lowest BCUT2D eigenvalue weighted by Crippen LogP contribution is -2.14. The number of nitrogen functional groups attached to an aromatic ring is 1. The molecule has 100 valence electrons. The molecule has 4 nitrogen and oxygen atoms in total. The second-order valence-corrected chi connectivity index (χ2v) is 4.62. The van der Waals surface area contributed by atoms with Gasteiger partial charge in [-0.2, -0.15) is 0 Å². The summed E-state index contributed by atoms with van der Waals surface area (Å²) < 4.78 is 11.1. The van der Waals surface area contributed by atoms with Gasteiger partial charge < -0.3 is 15.2 Å². The highest BCUT2D eigenvalue weighted by Crippen LogP contribution is 2.24. The van der Waals surface area contributed by atoms with E-state index in [-0.39, 0.29) is 11.9 Å². The summed E-state index contributed by atoms with van der Waals surface area (Å²) in [5.74, 6) is 0.934. The van der Waals surface area contributed by atoms with Crippen molar-refractivity contribution in [1.82, 2.24) is 0 Å². The first kappa shape index (κ1) is 14.5. The number of hydrogen-bond donors (Lipinski definition) is 2. The molecular weight excluding hydrogens is 228 g/mol. The third kappa shape index (κ3) is 4.04. The standard InChI is InChI=1S/C14H22N2O2/c1-9(2)17-5-6-18-13-10(3)7-12(14(15)16)8-11(13)4/h7-9H,5-6H2,1-4H3,(H3,15,16). The number of benzene rings is 1. The zero-order chi connectivity index (χ0) is 13.7. The van der Waals surface area contributed by atoms with Crippen molar-refractivity contribution in [3.05, 3.63) is 28.8 Å². The molecule has 0 aliphatic heterocycles. The van der Waals surface area contributed by atoms with Gasteiger partial charge in [0.05, 0.1) is 12.7 Å². The Balaban J connectivity index is 2.69. The first-order chi connectivity index (χ1) is 8.41. The summed E-state index contributed by atoms with van der Waals surface area (Å²) in [5.41, 5.74) is 8.19. The largest absolute Gasteiger partial charge is 0.491 e. The van der Waals surface area contributed by atoms with Crippen molar-refractivity contribution in [2.45, 2.75) is 33.8 Å². The van der Waals surface area contributed by atoms with Gasteiger partial charge >= 0.3 is 0 Å². The minimum atomic E-state index is 0.0795. The van der Waals surface area contributed by atoms with E-state index in [0.717, 1.165) is 22.4 Å². The predicted molar refractivity (Wildman–Crippen MR) is 73.5 cm³/mol. The Morgan fingerprint density at radius 3 is 2.22 bits per heavy atom. The number of ether oxygens (including phenoxy) is 2. The Bertz CT molecular complexity index is 405. The molecule has 0 aliphatic rings. The van der Waals surface area contributed by atoms with Crippen LogP contribution in [-0.4, -0.2) is 25.2 Å². The molecule has 0 saturated heterocycles. The zero-order valence-corrected chi connectivity index (χ0v) is 11.5. The Morgan fingerprint density at radius 2 is 1.78 bits per heavy atom. The van der Waals surface area contributed by atoms with E-state index >= 15 is 0 Å². The van der Waals surface area contributed by atoms with Gasteiger partial charge in [0.25, 0.3) is 0 Å². The van der Waals surface area contributed by atoms with Gasteiger partial charge in [-0.25, -0.2) is 0 Å². The zero-order valence-electron chi connectivity index (χ0n) is 11.5. The van der Waals surface area contributed by atoms with Gasteiger partial charge in [0.1, 0.15) is 18.2 Å². The number of aryl methyl sites for hydroxylation is 2. The van der Waals surface area contributed by atoms with Gasteiger partial charge in [0.2, 0.25) is 0 Å². The first-order valence-corrected chi connectivity index (χ1v) is 6.12. The van der Waals surface area contributed by atoms with E-state index in [4.69, 9.17) is 20.6 Å². The van der Waals surface area contributed by atoms with Crippen LogP contribution in [0.5, 0.6) is 5.75 Å². The van der Waals surface area contributed by atoms with E-state index in [2.05, 4.69) is 0 Å². The third-order valence-corrected chi connectivity index (χ3v) is 2.55. The Labute approximate surface area is 109 Å². The summed E-state index contributed by atoms with van der Waals surface area (Å²) >= 11 is 0. The van der Waals surface area contributed by atoms with Crippen LogP contribution in [0.25, 0.3) is 0 Å². The highest BCUT2D eigenvalue weighted by Gasteiger charge is 2.08. The lowest BCUT2D eigenvalue weighted by atomic mass is 10.1. The smallest absolute Gasteiger partial charge is 0.125 e. The maximum Gasteiger partial charge on any atom is 0.125 e. The molecule has 1 rings (SSSR count). The van der Waals surface area contributed by atoms with Crippen molar-refractivity contribution in [2.24, 2.45) is 5.73 Å². The molecule has 0 spiro atoms. The molecule has 18 heavy (non-hydrogen) atoms. The number of nitrogens with two attached hydrogens (primary N) is 1. The monoisotopic (exact) mass is 250 g/mol. The van der Waals surface area contributed by atoms with Crippen LogP contribution in [-0.2, 0) is 4.74 Å². The maximum atomic E-state index is 7.43. The molecule has 0 bridgehead atoms. The summed E-state index contributed by atoms with van der Waals surface area (Å²) in [6.45, 7) is 9.01. The van der Waals surface area contributed by atoms with E-state index < -0.39 is 0 Å². The summed E-state index contributed by atoms with van der Waals surface area (Å²) in [5, 5.41) is 7.43. The summed E-state index contributed by atoms with van der Waals surface area (Å²) in [6.07, 6.45) is 0.218. The van der Waals surface area contributed by atoms with Gasteiger partial charge in [-0.15, -0.1) is 0 Å². The van der Waals surface area contributed by atoms with Crippen LogP contribution in [0.15, 0.2) is 12.1 Å². The number of nitrogens with one attached hydrogen (secondary N) is 1. The minimum Gasteiger partial charge on any atom is -0.491 e. The van der Waals surface area contributed by atoms with Crippen LogP contribution in [0.2, 0.25) is 0 Å². The molecule has 1 aromatic carbocycles. The average Bonchev–Trinajstić information content (AvgIpc) is 2.26. The first-order valence-electron chi connectivity index (χ1n) is 6.12. The van der Waals surface area contributed by atoms with E-state index in [1.165, 1.54) is 0 Å². The van der Waals surface area contributed by atoms with E-state index in [9.17, 15) is 0 Å². The van der Waals surface area contributed by atoms with Gasteiger partial charge in [0.15, 0.2) is 0 Å². The van der Waals surface area contributed by atoms with Crippen molar-refractivity contribution in [1.29, 1.82) is 5.41 Å². The Hall–Kier alpha value is -1.55. The quantitative estimate of drug-likeness (QED) is 0.463. The highest BCUT2D eigenvalue weighted by molar-refractivity contribution is 5.95. The minimum absolute atomic E-state index is 0.0795. The molecule has 0 aromatic heterocycles. The Morgan fingerprint density at radius 1 is 1.22 bits per heavy atom. The van der Waals surface area contributed by atoms with Crippen molar-refractivity contribution < 1.29 is 9.47 Å².